The van der Waals surface area contributed by atoms with Gasteiger partial charge in [-0.2, -0.15) is 0 Å². The molecule has 2 unspecified atom stereocenters. The van der Waals surface area contributed by atoms with E-state index in [1.54, 1.807) is 0 Å². The monoisotopic (exact) mass is 1320 g/mol. The molecule has 5 aliphatic rings. The molecule has 0 aliphatic heterocycles. The fourth-order valence-corrected chi connectivity index (χ4v) is 19.2. The van der Waals surface area contributed by atoms with Crippen LogP contribution in [0, 0.1) is 0 Å². The van der Waals surface area contributed by atoms with E-state index in [2.05, 4.69) is 400 Å². The first-order valence-corrected chi connectivity index (χ1v) is 36.3. The van der Waals surface area contributed by atoms with Gasteiger partial charge >= 0.3 is 0 Å². The lowest BCUT2D eigenvalue weighted by Crippen LogP contribution is -2.26. The van der Waals surface area contributed by atoms with Crippen molar-refractivity contribution in [2.75, 3.05) is 9.80 Å². The van der Waals surface area contributed by atoms with Gasteiger partial charge in [-0.3, -0.25) is 0 Å². The smallest absolute Gasteiger partial charge is 0.143 e. The van der Waals surface area contributed by atoms with Gasteiger partial charge in [-0.15, -0.1) is 0 Å². The Morgan fingerprint density at radius 1 is 0.231 bits per heavy atom. The minimum Gasteiger partial charge on any atom is -0.455 e. The molecule has 2 spiro atoms. The van der Waals surface area contributed by atoms with Crippen molar-refractivity contribution in [1.82, 2.24) is 0 Å². The summed E-state index contributed by atoms with van der Waals surface area (Å²) in [5.41, 5.74) is 38.9. The van der Waals surface area contributed by atoms with Crippen LogP contribution in [0.15, 0.2) is 381 Å². The van der Waals surface area contributed by atoms with Crippen molar-refractivity contribution < 1.29 is 4.42 Å². The van der Waals surface area contributed by atoms with Crippen LogP contribution >= 0.6 is 0 Å². The van der Waals surface area contributed by atoms with Crippen molar-refractivity contribution in [1.29, 1.82) is 0 Å². The summed E-state index contributed by atoms with van der Waals surface area (Å²) in [7, 11) is 0. The van der Waals surface area contributed by atoms with Crippen LogP contribution < -0.4 is 9.80 Å². The molecule has 22 rings (SSSR count). The molecule has 0 bridgehead atoms. The van der Waals surface area contributed by atoms with E-state index in [1.807, 2.05) is 0 Å². The summed E-state index contributed by atoms with van der Waals surface area (Å²) in [5, 5.41) is 2.31. The van der Waals surface area contributed by atoms with E-state index in [-0.39, 0.29) is 5.41 Å². The quantitative estimate of drug-likeness (QED) is 0.151. The minimum atomic E-state index is -0.505. The molecule has 104 heavy (non-hydrogen) atoms. The molecule has 488 valence electrons. The zero-order valence-electron chi connectivity index (χ0n) is 57.6. The third-order valence-corrected chi connectivity index (χ3v) is 23.3. The van der Waals surface area contributed by atoms with Gasteiger partial charge in [-0.05, 0) is 195 Å². The highest BCUT2D eigenvalue weighted by Crippen LogP contribution is 2.68. The summed E-state index contributed by atoms with van der Waals surface area (Å²) in [6.45, 7) is 4.84. The number of hydrogen-bond donors (Lipinski definition) is 0. The maximum absolute atomic E-state index is 6.75. The summed E-state index contributed by atoms with van der Waals surface area (Å²) in [4.78, 5) is 4.84. The molecule has 0 saturated heterocycles. The molecule has 16 aromatic carbocycles. The fourth-order valence-electron chi connectivity index (χ4n) is 19.2. The second-order valence-electron chi connectivity index (χ2n) is 28.8. The van der Waals surface area contributed by atoms with Crippen LogP contribution in [0.5, 0.6) is 0 Å². The average molecular weight is 1330 g/mol. The molecule has 3 heteroatoms. The average Bonchev–Trinajstić information content (AvgIpc) is 1.50. The number of para-hydroxylation sites is 4. The molecule has 0 radical (unpaired) electrons. The van der Waals surface area contributed by atoms with Gasteiger partial charge in [0.2, 0.25) is 0 Å². The second kappa shape index (κ2) is 23.0. The molecule has 3 nitrogen and oxygen atoms in total. The third-order valence-electron chi connectivity index (χ3n) is 23.3. The summed E-state index contributed by atoms with van der Waals surface area (Å²) >= 11 is 0. The van der Waals surface area contributed by atoms with Crippen LogP contribution in [-0.2, 0) is 16.2 Å². The van der Waals surface area contributed by atoms with E-state index in [1.165, 1.54) is 134 Å². The van der Waals surface area contributed by atoms with Crippen LogP contribution in [0.2, 0.25) is 0 Å². The van der Waals surface area contributed by atoms with Crippen molar-refractivity contribution >= 4 is 56.1 Å². The Kier molecular flexibility index (Phi) is 13.2. The first kappa shape index (κ1) is 59.8. The summed E-state index contributed by atoms with van der Waals surface area (Å²) < 4.78 is 6.75. The number of furan rings is 1. The van der Waals surface area contributed by atoms with E-state index in [0.29, 0.717) is 0 Å². The number of fused-ring (bicyclic) bond motifs is 28. The van der Waals surface area contributed by atoms with Crippen LogP contribution in [0.1, 0.15) is 69.5 Å². The number of anilines is 6. The lowest BCUT2D eigenvalue weighted by Gasteiger charge is -2.33. The lowest BCUT2D eigenvalue weighted by atomic mass is 9.69. The Balaban J connectivity index is 0.000000134. The Hall–Kier alpha value is -13.1. The standard InChI is InChI=1S/C52H37N.C49H31NO/c1-51(2)43-25-13-9-23-39(43)41-31-32-46-49(50(41)51)42-24-11-15-27-45(42)52(46)44-26-14-10-22-38(44)40-30-29-36(33-47(40)52)53(35-19-7-4-8-20-35)48-28-16-12-21-37(48)34-17-5-3-6-18-34;1-3-14-32(15-4-1)33-16-13-19-35(30-33)50(34-17-5-2-6-18-34)36-26-27-38-37-20-7-10-23-42(37)49(45(38)31-36)43-24-11-8-22-41(43)47-44(49)29-28-40-39-21-9-12-25-46(39)51-48(40)47/h3-33H,1-2H3;1-31H. The largest absolute Gasteiger partial charge is 0.455 e. The third kappa shape index (κ3) is 8.41. The van der Waals surface area contributed by atoms with Crippen molar-refractivity contribution in [2.45, 2.75) is 30.1 Å². The van der Waals surface area contributed by atoms with Crippen molar-refractivity contribution in [3.05, 3.63) is 432 Å². The van der Waals surface area contributed by atoms with E-state index < -0.39 is 10.8 Å². The van der Waals surface area contributed by atoms with E-state index in [0.717, 1.165) is 56.1 Å². The molecule has 17 aromatic rings. The Bertz CT molecular complexity index is 6350. The normalized spacial score (nSPS) is 15.8. The van der Waals surface area contributed by atoms with Gasteiger partial charge in [-0.25, -0.2) is 0 Å². The van der Waals surface area contributed by atoms with Crippen LogP contribution in [0.25, 0.3) is 99.8 Å². The van der Waals surface area contributed by atoms with E-state index in [9.17, 15) is 0 Å². The van der Waals surface area contributed by atoms with E-state index in [4.69, 9.17) is 4.42 Å². The SMILES string of the molecule is CC1(C)c2ccccc2-c2ccc3c(c21)-c1ccccc1C31c2ccccc2-c2ccc(N(c3ccccc3)c3ccccc3-c3ccccc3)cc21.c1ccc(-c2cccc(N(c3ccccc3)c3ccc4c(c3)C3(c5ccccc5-4)c4ccccc4-c4c3ccc3c4oc4ccccc43)c2)cc1. The zero-order chi connectivity index (χ0) is 68.8. The molecule has 2 atom stereocenters. The highest BCUT2D eigenvalue weighted by molar-refractivity contribution is 6.13. The predicted octanol–water partition coefficient (Wildman–Crippen LogP) is 26.5. The Labute approximate surface area is 606 Å². The lowest BCUT2D eigenvalue weighted by molar-refractivity contribution is 0.660. The molecule has 1 aromatic heterocycles. The summed E-state index contributed by atoms with van der Waals surface area (Å²) in [6.07, 6.45) is 0. The molecular weight excluding hydrogens is 1260 g/mol. The summed E-state index contributed by atoms with van der Waals surface area (Å²) in [5.74, 6) is 0. The second-order valence-corrected chi connectivity index (χ2v) is 28.8. The number of rotatable bonds is 8. The number of nitrogens with zero attached hydrogens (tertiary/aromatic N) is 2. The molecule has 5 aliphatic carbocycles. The fraction of sp³-hybridized carbons (Fsp3) is 0.0495. The van der Waals surface area contributed by atoms with Gasteiger partial charge in [0.05, 0.1) is 16.5 Å². The van der Waals surface area contributed by atoms with E-state index >= 15 is 0 Å². The topological polar surface area (TPSA) is 19.6 Å². The summed E-state index contributed by atoms with van der Waals surface area (Å²) in [6, 6.07) is 138. The van der Waals surface area contributed by atoms with Crippen LogP contribution in [0.4, 0.5) is 34.1 Å². The molecule has 0 fully saturated rings. The molecule has 0 amide bonds. The van der Waals surface area contributed by atoms with Gasteiger partial charge in [0, 0.05) is 55.8 Å². The van der Waals surface area contributed by atoms with Crippen molar-refractivity contribution in [3.63, 3.8) is 0 Å². The van der Waals surface area contributed by atoms with Gasteiger partial charge in [0.1, 0.15) is 11.2 Å². The molecule has 0 saturated carbocycles. The van der Waals surface area contributed by atoms with Crippen LogP contribution in [-0.4, -0.2) is 0 Å². The van der Waals surface area contributed by atoms with Crippen molar-refractivity contribution in [2.24, 2.45) is 0 Å². The predicted molar refractivity (Wildman–Crippen MR) is 431 cm³/mol. The molecular formula is C101H68N2O. The number of benzene rings is 16. The first-order valence-electron chi connectivity index (χ1n) is 36.3. The van der Waals surface area contributed by atoms with Gasteiger partial charge in [-0.1, -0.05) is 317 Å². The van der Waals surface area contributed by atoms with Crippen LogP contribution in [0.3, 0.4) is 0 Å². The first-order chi connectivity index (χ1) is 51.4. The molecule has 0 N–H and O–H groups in total. The molecule has 1 heterocycles. The maximum Gasteiger partial charge on any atom is 0.143 e. The maximum atomic E-state index is 6.75. The van der Waals surface area contributed by atoms with Gasteiger partial charge in [0.25, 0.3) is 0 Å². The number of hydrogen-bond acceptors (Lipinski definition) is 3. The highest BCUT2D eigenvalue weighted by atomic mass is 16.3. The minimum absolute atomic E-state index is 0.135. The highest BCUT2D eigenvalue weighted by Gasteiger charge is 2.56. The Morgan fingerprint density at radius 3 is 1.25 bits per heavy atom. The zero-order valence-corrected chi connectivity index (χ0v) is 57.6. The van der Waals surface area contributed by atoms with Gasteiger partial charge < -0.3 is 14.2 Å². The van der Waals surface area contributed by atoms with Crippen molar-refractivity contribution in [3.8, 4) is 77.9 Å². The van der Waals surface area contributed by atoms with Gasteiger partial charge in [0.15, 0.2) is 0 Å². The Morgan fingerprint density at radius 2 is 0.635 bits per heavy atom.